The van der Waals surface area contributed by atoms with E-state index < -0.39 is 0 Å². The summed E-state index contributed by atoms with van der Waals surface area (Å²) in [5.74, 6) is 0. The van der Waals surface area contributed by atoms with Crippen LogP contribution in [0.1, 0.15) is 48.6 Å². The molecule has 0 saturated carbocycles. The topological polar surface area (TPSA) is 33.1 Å². The Labute approximate surface area is 182 Å². The van der Waals surface area contributed by atoms with Gasteiger partial charge in [0.05, 0.1) is 17.8 Å². The first-order valence-electron chi connectivity index (χ1n) is 9.83. The molecule has 0 unspecified atom stereocenters. The fraction of sp³-hybridized carbons (Fsp3) is 0.304. The molecule has 0 spiro atoms. The van der Waals surface area contributed by atoms with E-state index >= 15 is 0 Å². The lowest BCUT2D eigenvalue weighted by Gasteiger charge is -2.31. The summed E-state index contributed by atoms with van der Waals surface area (Å²) in [7, 11) is 0. The van der Waals surface area contributed by atoms with Crippen LogP contribution in [0.15, 0.2) is 54.7 Å². The van der Waals surface area contributed by atoms with E-state index in [0.717, 1.165) is 21.5 Å². The third-order valence-corrected chi connectivity index (χ3v) is 6.15. The Morgan fingerprint density at radius 1 is 1.10 bits per heavy atom. The zero-order chi connectivity index (χ0) is 20.7. The average Bonchev–Trinajstić information content (AvgIpc) is 3.19. The Morgan fingerprint density at radius 3 is 2.45 bits per heavy atom. The van der Waals surface area contributed by atoms with Crippen molar-refractivity contribution in [3.63, 3.8) is 0 Å². The van der Waals surface area contributed by atoms with Gasteiger partial charge in [-0.1, -0.05) is 17.7 Å². The lowest BCUT2D eigenvalue weighted by molar-refractivity contribution is 0.269. The van der Waals surface area contributed by atoms with E-state index in [1.54, 1.807) is 0 Å². The van der Waals surface area contributed by atoms with Crippen LogP contribution in [0.4, 0.5) is 0 Å². The number of hydrogen-bond acceptors (Lipinski definition) is 2. The first kappa shape index (κ1) is 19.9. The molecule has 0 aliphatic carbocycles. The number of aromatic nitrogens is 2. The van der Waals surface area contributed by atoms with Gasteiger partial charge in [0, 0.05) is 34.3 Å². The first-order valence-corrected chi connectivity index (χ1v) is 10.6. The molecule has 1 aliphatic heterocycles. The molecule has 150 valence electrons. The Morgan fingerprint density at radius 2 is 1.83 bits per heavy atom. The summed E-state index contributed by atoms with van der Waals surface area (Å²) >= 11 is 11.8. The summed E-state index contributed by atoms with van der Waals surface area (Å²) in [5.41, 5.74) is 5.75. The molecule has 1 aliphatic rings. The molecule has 0 amide bonds. The highest BCUT2D eigenvalue weighted by atomic mass is 35.5. The number of hydrogen-bond donors (Lipinski definition) is 1. The lowest BCUT2D eigenvalue weighted by Crippen LogP contribution is -2.35. The van der Waals surface area contributed by atoms with Gasteiger partial charge < -0.3 is 14.8 Å². The third kappa shape index (κ3) is 3.53. The van der Waals surface area contributed by atoms with E-state index in [1.165, 1.54) is 17.0 Å². The summed E-state index contributed by atoms with van der Waals surface area (Å²) in [6.07, 6.45) is 1.84. The molecule has 3 aromatic rings. The number of rotatable bonds is 4. The van der Waals surface area contributed by atoms with Gasteiger partial charge in [-0.15, -0.1) is 0 Å². The molecule has 2 atom stereocenters. The van der Waals surface area contributed by atoms with Gasteiger partial charge in [0.25, 0.3) is 0 Å². The van der Waals surface area contributed by atoms with E-state index in [2.05, 4.69) is 71.7 Å². The molecular formula is C23H25ClN4S. The Hall–Kier alpha value is -2.37. The van der Waals surface area contributed by atoms with Crippen LogP contribution in [0.2, 0.25) is 5.02 Å². The zero-order valence-corrected chi connectivity index (χ0v) is 18.6. The van der Waals surface area contributed by atoms with Crippen molar-refractivity contribution in [1.29, 1.82) is 0 Å². The Balaban J connectivity index is 1.85. The number of thiocarbonyl (C=S) groups is 1. The van der Waals surface area contributed by atoms with E-state index in [9.17, 15) is 0 Å². The summed E-state index contributed by atoms with van der Waals surface area (Å²) in [4.78, 5) is 6.92. The average molecular weight is 425 g/mol. The second-order valence-corrected chi connectivity index (χ2v) is 8.59. The van der Waals surface area contributed by atoms with Gasteiger partial charge in [-0.25, -0.2) is 0 Å². The Kier molecular flexibility index (Phi) is 5.36. The first-order chi connectivity index (χ1) is 13.9. The highest BCUT2D eigenvalue weighted by molar-refractivity contribution is 7.80. The van der Waals surface area contributed by atoms with Crippen LogP contribution in [0.3, 0.4) is 0 Å². The van der Waals surface area contributed by atoms with E-state index in [0.29, 0.717) is 0 Å². The predicted octanol–water partition coefficient (Wildman–Crippen LogP) is 5.52. The molecule has 1 fully saturated rings. The van der Waals surface area contributed by atoms with Crippen LogP contribution in [0.25, 0.3) is 5.69 Å². The molecular weight excluding hydrogens is 400 g/mol. The van der Waals surface area contributed by atoms with Crippen molar-refractivity contribution in [2.75, 3.05) is 0 Å². The van der Waals surface area contributed by atoms with E-state index in [-0.39, 0.29) is 18.1 Å². The van der Waals surface area contributed by atoms with Crippen LogP contribution < -0.4 is 5.32 Å². The molecule has 1 saturated heterocycles. The van der Waals surface area contributed by atoms with Gasteiger partial charge in [0.2, 0.25) is 0 Å². The summed E-state index contributed by atoms with van der Waals surface area (Å²) in [6, 6.07) is 16.6. The van der Waals surface area contributed by atoms with Crippen LogP contribution in [-0.4, -0.2) is 25.6 Å². The maximum absolute atomic E-state index is 6.10. The maximum Gasteiger partial charge on any atom is 0.170 e. The van der Waals surface area contributed by atoms with Crippen molar-refractivity contribution in [3.05, 3.63) is 82.4 Å². The Bertz CT molecular complexity index is 1030. The van der Waals surface area contributed by atoms with E-state index in [1.807, 2.05) is 30.5 Å². The van der Waals surface area contributed by atoms with Crippen LogP contribution in [0, 0.1) is 13.8 Å². The largest absolute Gasteiger partial charge is 0.352 e. The van der Waals surface area contributed by atoms with Crippen molar-refractivity contribution < 1.29 is 0 Å². The minimum absolute atomic E-state index is 0.00488. The van der Waals surface area contributed by atoms with Crippen LogP contribution in [0.5, 0.6) is 0 Å². The van der Waals surface area contributed by atoms with Crippen molar-refractivity contribution in [3.8, 4) is 5.69 Å². The van der Waals surface area contributed by atoms with E-state index in [4.69, 9.17) is 23.8 Å². The van der Waals surface area contributed by atoms with Crippen molar-refractivity contribution in [1.82, 2.24) is 19.8 Å². The quantitative estimate of drug-likeness (QED) is 0.558. The molecule has 4 nitrogen and oxygen atoms in total. The number of aryl methyl sites for hydroxylation is 1. The summed E-state index contributed by atoms with van der Waals surface area (Å²) in [5, 5.41) is 5.04. The maximum atomic E-state index is 6.10. The minimum Gasteiger partial charge on any atom is -0.352 e. The standard InChI is InChI=1S/C23H25ClN4S/c1-14(2)27-22(21(26-23(27)29)20-7-5-6-12-25-20)19-13-15(3)28(16(19)4)18-10-8-17(24)9-11-18/h5-14,21-22H,1-4H3,(H,26,29)/t21-,22+/m0/s1. The number of nitrogens with zero attached hydrogens (tertiary/aromatic N) is 3. The lowest BCUT2D eigenvalue weighted by atomic mass is 9.96. The molecule has 1 aromatic carbocycles. The van der Waals surface area contributed by atoms with Gasteiger partial charge in [-0.05, 0) is 87.9 Å². The van der Waals surface area contributed by atoms with Gasteiger partial charge in [0.15, 0.2) is 5.11 Å². The molecule has 2 aromatic heterocycles. The van der Waals surface area contributed by atoms with Gasteiger partial charge in [0.1, 0.15) is 0 Å². The fourth-order valence-electron chi connectivity index (χ4n) is 4.33. The molecule has 0 bridgehead atoms. The summed E-state index contributed by atoms with van der Waals surface area (Å²) < 4.78 is 2.28. The number of benzene rings is 1. The fourth-order valence-corrected chi connectivity index (χ4v) is 4.91. The van der Waals surface area contributed by atoms with Gasteiger partial charge in [-0.3, -0.25) is 4.98 Å². The number of pyridine rings is 1. The van der Waals surface area contributed by atoms with Gasteiger partial charge >= 0.3 is 0 Å². The normalized spacial score (nSPS) is 19.1. The highest BCUT2D eigenvalue weighted by Gasteiger charge is 2.42. The second-order valence-electron chi connectivity index (χ2n) is 7.77. The van der Waals surface area contributed by atoms with Crippen LogP contribution in [-0.2, 0) is 0 Å². The van der Waals surface area contributed by atoms with Crippen molar-refractivity contribution in [2.45, 2.75) is 45.8 Å². The SMILES string of the molecule is Cc1cc([C@@H]2[C@H](c3ccccn3)NC(=S)N2C(C)C)c(C)n1-c1ccc(Cl)cc1. The summed E-state index contributed by atoms with van der Waals surface area (Å²) in [6.45, 7) is 8.67. The zero-order valence-electron chi connectivity index (χ0n) is 17.1. The molecule has 0 radical (unpaired) electrons. The van der Waals surface area contributed by atoms with Crippen molar-refractivity contribution >= 4 is 28.9 Å². The van der Waals surface area contributed by atoms with Crippen molar-refractivity contribution in [2.24, 2.45) is 0 Å². The number of halogens is 1. The number of nitrogens with one attached hydrogen (secondary N) is 1. The molecule has 3 heterocycles. The monoisotopic (exact) mass is 424 g/mol. The molecule has 29 heavy (non-hydrogen) atoms. The third-order valence-electron chi connectivity index (χ3n) is 5.57. The predicted molar refractivity (Wildman–Crippen MR) is 123 cm³/mol. The molecule has 1 N–H and O–H groups in total. The van der Waals surface area contributed by atoms with Crippen LogP contribution >= 0.6 is 23.8 Å². The molecule has 4 rings (SSSR count). The second kappa shape index (κ2) is 7.81. The smallest absolute Gasteiger partial charge is 0.170 e. The molecule has 6 heteroatoms. The minimum atomic E-state index is 0.00488. The van der Waals surface area contributed by atoms with Gasteiger partial charge in [-0.2, -0.15) is 0 Å². The highest BCUT2D eigenvalue weighted by Crippen LogP contribution is 2.42.